The minimum absolute atomic E-state index is 0.561. The fraction of sp³-hybridized carbons (Fsp3) is 0.500. The Bertz CT molecular complexity index is 577. The van der Waals surface area contributed by atoms with Crippen LogP contribution in [0.5, 0.6) is 0 Å². The maximum Gasteiger partial charge on any atom is 0.185 e. The molecule has 3 rings (SSSR count). The minimum Gasteiger partial charge on any atom is -0.384 e. The van der Waals surface area contributed by atoms with Crippen LogP contribution in [0, 0.1) is 0 Å². The molecule has 0 spiro atoms. The lowest BCUT2D eigenvalue weighted by molar-refractivity contribution is 0.643. The molecule has 21 heavy (non-hydrogen) atoms. The topological polar surface area (TPSA) is 71.2 Å². The number of hydrogen-bond donors (Lipinski definition) is 1. The lowest BCUT2D eigenvalue weighted by Crippen LogP contribution is -2.46. The average molecular weight is 304 g/mol. The smallest absolute Gasteiger partial charge is 0.185 e. The molecular formula is C14H20N6S. The van der Waals surface area contributed by atoms with Crippen molar-refractivity contribution in [2.45, 2.75) is 19.8 Å². The van der Waals surface area contributed by atoms with Crippen LogP contribution in [-0.4, -0.2) is 41.1 Å². The Balaban J connectivity index is 1.69. The van der Waals surface area contributed by atoms with Gasteiger partial charge >= 0.3 is 0 Å². The Morgan fingerprint density at radius 1 is 1.19 bits per heavy atom. The van der Waals surface area contributed by atoms with Crippen molar-refractivity contribution in [3.63, 3.8) is 0 Å². The number of nitrogens with zero attached hydrogens (tertiary/aromatic N) is 5. The molecule has 1 aliphatic rings. The summed E-state index contributed by atoms with van der Waals surface area (Å²) in [5.74, 6) is 2.35. The first kappa shape index (κ1) is 14.1. The number of anilines is 3. The van der Waals surface area contributed by atoms with Gasteiger partial charge in [0.2, 0.25) is 0 Å². The van der Waals surface area contributed by atoms with Crippen molar-refractivity contribution in [3.05, 3.63) is 23.5 Å². The highest BCUT2D eigenvalue weighted by Gasteiger charge is 2.20. The lowest BCUT2D eigenvalue weighted by Gasteiger charge is -2.35. The maximum atomic E-state index is 5.90. The second-order valence-corrected chi connectivity index (χ2v) is 5.98. The van der Waals surface area contributed by atoms with Gasteiger partial charge in [0, 0.05) is 50.2 Å². The minimum atomic E-state index is 0.561. The molecular weight excluding hydrogens is 284 g/mol. The van der Waals surface area contributed by atoms with Crippen LogP contribution in [0.1, 0.15) is 19.2 Å². The van der Waals surface area contributed by atoms with E-state index in [9.17, 15) is 0 Å². The highest BCUT2D eigenvalue weighted by Crippen LogP contribution is 2.22. The third-order valence-corrected chi connectivity index (χ3v) is 4.38. The summed E-state index contributed by atoms with van der Waals surface area (Å²) in [5.41, 5.74) is 5.90. The van der Waals surface area contributed by atoms with Crippen LogP contribution >= 0.6 is 11.3 Å². The highest BCUT2D eigenvalue weighted by molar-refractivity contribution is 7.13. The van der Waals surface area contributed by atoms with Crippen molar-refractivity contribution < 1.29 is 0 Å². The summed E-state index contributed by atoms with van der Waals surface area (Å²) in [6.45, 7) is 5.91. The zero-order valence-electron chi connectivity index (χ0n) is 12.2. The summed E-state index contributed by atoms with van der Waals surface area (Å²) in [7, 11) is 0. The zero-order valence-corrected chi connectivity index (χ0v) is 13.0. The first-order valence-corrected chi connectivity index (χ1v) is 8.17. The number of aryl methyl sites for hydroxylation is 1. The van der Waals surface area contributed by atoms with Gasteiger partial charge in [-0.3, -0.25) is 0 Å². The van der Waals surface area contributed by atoms with E-state index in [0.717, 1.165) is 55.8 Å². The Kier molecular flexibility index (Phi) is 4.19. The van der Waals surface area contributed by atoms with Crippen molar-refractivity contribution in [1.82, 2.24) is 15.0 Å². The fourth-order valence-electron chi connectivity index (χ4n) is 2.50. The first-order valence-electron chi connectivity index (χ1n) is 7.29. The summed E-state index contributed by atoms with van der Waals surface area (Å²) in [4.78, 5) is 17.9. The van der Waals surface area contributed by atoms with Gasteiger partial charge in [0.1, 0.15) is 17.5 Å². The molecule has 1 fully saturated rings. The van der Waals surface area contributed by atoms with Gasteiger partial charge in [0.15, 0.2) is 5.13 Å². The number of nitrogens with two attached hydrogens (primary N) is 1. The molecule has 2 aromatic rings. The molecule has 0 saturated carbocycles. The van der Waals surface area contributed by atoms with Crippen LogP contribution in [0.25, 0.3) is 0 Å². The molecule has 3 heterocycles. The zero-order chi connectivity index (χ0) is 14.7. The van der Waals surface area contributed by atoms with E-state index in [1.807, 2.05) is 17.6 Å². The summed E-state index contributed by atoms with van der Waals surface area (Å²) < 4.78 is 0. The van der Waals surface area contributed by atoms with Crippen molar-refractivity contribution in [3.8, 4) is 0 Å². The fourth-order valence-corrected chi connectivity index (χ4v) is 3.20. The number of nitrogen functional groups attached to an aromatic ring is 1. The van der Waals surface area contributed by atoms with Gasteiger partial charge in [-0.15, -0.1) is 11.3 Å². The van der Waals surface area contributed by atoms with Gasteiger partial charge in [-0.05, 0) is 6.42 Å². The van der Waals surface area contributed by atoms with E-state index in [-0.39, 0.29) is 0 Å². The monoisotopic (exact) mass is 304 g/mol. The van der Waals surface area contributed by atoms with Crippen molar-refractivity contribution >= 4 is 28.1 Å². The molecule has 1 aliphatic heterocycles. The molecule has 6 nitrogen and oxygen atoms in total. The molecule has 0 atom stereocenters. The van der Waals surface area contributed by atoms with Crippen LogP contribution in [-0.2, 0) is 6.42 Å². The van der Waals surface area contributed by atoms with E-state index in [4.69, 9.17) is 5.73 Å². The van der Waals surface area contributed by atoms with Crippen molar-refractivity contribution in [2.24, 2.45) is 0 Å². The molecule has 0 bridgehead atoms. The van der Waals surface area contributed by atoms with E-state index in [1.54, 1.807) is 11.3 Å². The number of aromatic nitrogens is 3. The molecule has 0 radical (unpaired) electrons. The Morgan fingerprint density at radius 3 is 2.62 bits per heavy atom. The summed E-state index contributed by atoms with van der Waals surface area (Å²) in [6.07, 6.45) is 3.76. The SMILES string of the molecule is CCCc1nc(N)cc(N2CCN(c3nccs3)CC2)n1. The predicted molar refractivity (Wildman–Crippen MR) is 87.0 cm³/mol. The van der Waals surface area contributed by atoms with Gasteiger partial charge in [-0.25, -0.2) is 15.0 Å². The summed E-state index contributed by atoms with van der Waals surface area (Å²) >= 11 is 1.69. The number of hydrogen-bond acceptors (Lipinski definition) is 7. The second-order valence-electron chi connectivity index (χ2n) is 5.11. The molecule has 2 aromatic heterocycles. The van der Waals surface area contributed by atoms with Crippen molar-refractivity contribution in [1.29, 1.82) is 0 Å². The molecule has 7 heteroatoms. The molecule has 0 aliphatic carbocycles. The highest BCUT2D eigenvalue weighted by atomic mass is 32.1. The molecule has 0 unspecified atom stereocenters. The molecule has 1 saturated heterocycles. The quantitative estimate of drug-likeness (QED) is 0.928. The Labute approximate surface area is 128 Å². The summed E-state index contributed by atoms with van der Waals surface area (Å²) in [6, 6.07) is 1.87. The summed E-state index contributed by atoms with van der Waals surface area (Å²) in [5, 5.41) is 3.12. The standard InChI is InChI=1S/C14H20N6S/c1-2-3-12-17-11(15)10-13(18-12)19-5-7-20(8-6-19)14-16-4-9-21-14/h4,9-10H,2-3,5-8H2,1H3,(H2,15,17,18). The van der Waals surface area contributed by atoms with Gasteiger partial charge < -0.3 is 15.5 Å². The Morgan fingerprint density at radius 2 is 1.95 bits per heavy atom. The average Bonchev–Trinajstić information content (AvgIpc) is 3.01. The number of piperazine rings is 1. The molecule has 0 amide bonds. The van der Waals surface area contributed by atoms with E-state index >= 15 is 0 Å². The third-order valence-electron chi connectivity index (χ3n) is 3.55. The van der Waals surface area contributed by atoms with E-state index in [0.29, 0.717) is 5.82 Å². The predicted octanol–water partition coefficient (Wildman–Crippen LogP) is 1.79. The lowest BCUT2D eigenvalue weighted by atomic mass is 10.3. The van der Waals surface area contributed by atoms with E-state index < -0.39 is 0 Å². The van der Waals surface area contributed by atoms with Gasteiger partial charge in [0.25, 0.3) is 0 Å². The van der Waals surface area contributed by atoms with Gasteiger partial charge in [0.05, 0.1) is 0 Å². The Hall–Kier alpha value is -1.89. The van der Waals surface area contributed by atoms with Crippen LogP contribution < -0.4 is 15.5 Å². The van der Waals surface area contributed by atoms with E-state index in [2.05, 4.69) is 31.7 Å². The van der Waals surface area contributed by atoms with Crippen molar-refractivity contribution in [2.75, 3.05) is 41.7 Å². The largest absolute Gasteiger partial charge is 0.384 e. The maximum absolute atomic E-state index is 5.90. The normalized spacial score (nSPS) is 15.5. The molecule has 2 N–H and O–H groups in total. The molecule has 0 aromatic carbocycles. The second kappa shape index (κ2) is 6.26. The number of rotatable bonds is 4. The van der Waals surface area contributed by atoms with Crippen LogP contribution in [0.15, 0.2) is 17.6 Å². The van der Waals surface area contributed by atoms with E-state index in [1.165, 1.54) is 0 Å². The molecule has 112 valence electrons. The van der Waals surface area contributed by atoms with Crippen LogP contribution in [0.2, 0.25) is 0 Å². The van der Waals surface area contributed by atoms with Crippen LogP contribution in [0.4, 0.5) is 16.8 Å². The first-order chi connectivity index (χ1) is 10.3. The van der Waals surface area contributed by atoms with Gasteiger partial charge in [-0.2, -0.15) is 0 Å². The third kappa shape index (κ3) is 3.24. The van der Waals surface area contributed by atoms with Crippen LogP contribution in [0.3, 0.4) is 0 Å². The van der Waals surface area contributed by atoms with Gasteiger partial charge in [-0.1, -0.05) is 6.92 Å². The number of thiazole rings is 1.